The summed E-state index contributed by atoms with van der Waals surface area (Å²) in [6.07, 6.45) is 0. The van der Waals surface area contributed by atoms with E-state index in [0.29, 0.717) is 27.3 Å². The monoisotopic (exact) mass is 1050 g/mol. The van der Waals surface area contributed by atoms with Crippen molar-refractivity contribution >= 4 is 80.7 Å². The molecule has 4 aliphatic rings. The molecular formula is C50H54Br4O5. The standard InChI is InChI=1S/C20H10Br2O3.C20H12Br2O2.4C2H6.2CH4/c21-15-9-3-7-13-17(15)24-18-14(8-4-10-16(18)22)20(13)12-6-2-1-5-11(12)19(23)25-20;1-11-5-2-3-6-12(11)17-13-7-4-8-15(21)19(13)24-20-14(17)9-10-16(23)18(20)22;4*1-2;;/h1-10H;2-10H,1H3;4*1-2H3;2*1H4. The number of halogens is 4. The molecule has 0 radical (unpaired) electrons. The van der Waals surface area contributed by atoms with Gasteiger partial charge < -0.3 is 13.9 Å². The van der Waals surface area contributed by atoms with Crippen LogP contribution in [-0.2, 0) is 10.3 Å². The number of fused-ring (bicyclic) bond motifs is 8. The zero-order valence-corrected chi connectivity index (χ0v) is 39.9. The Kier molecular flexibility index (Phi) is 20.0. The average molecular weight is 1050 g/mol. The van der Waals surface area contributed by atoms with E-state index in [4.69, 9.17) is 13.9 Å². The molecule has 0 amide bonds. The summed E-state index contributed by atoms with van der Waals surface area (Å²) in [5.41, 5.74) is 6.97. The lowest BCUT2D eigenvalue weighted by Crippen LogP contribution is -2.33. The lowest BCUT2D eigenvalue weighted by atomic mass is 9.78. The fourth-order valence-electron chi connectivity index (χ4n) is 6.68. The number of para-hydroxylation sites is 3. The summed E-state index contributed by atoms with van der Waals surface area (Å²) >= 11 is 14.1. The van der Waals surface area contributed by atoms with Gasteiger partial charge in [-0.25, -0.2) is 4.79 Å². The SMILES string of the molecule is C.C.CC.CC.CC.CC.Cc1ccccc1-c1c2ccc(=O)c(Br)c-2oc2c(Br)cccc12.O=C1OC2(c3ccccc31)c1cccc(Br)c1Oc1c(Br)cccc12. The van der Waals surface area contributed by atoms with E-state index in [-0.39, 0.29) is 26.3 Å². The number of aryl methyl sites for hydroxylation is 1. The molecule has 0 unspecified atom stereocenters. The Morgan fingerprint density at radius 2 is 1.00 bits per heavy atom. The van der Waals surface area contributed by atoms with Crippen LogP contribution >= 0.6 is 63.7 Å². The van der Waals surface area contributed by atoms with Crippen molar-refractivity contribution in [2.24, 2.45) is 0 Å². The molecular weight excluding hydrogens is 1000 g/mol. The van der Waals surface area contributed by atoms with Gasteiger partial charge in [-0.15, -0.1) is 0 Å². The first-order valence-corrected chi connectivity index (χ1v) is 22.4. The predicted molar refractivity (Wildman–Crippen MR) is 264 cm³/mol. The third-order valence-electron chi connectivity index (χ3n) is 8.85. The van der Waals surface area contributed by atoms with Crippen LogP contribution in [-0.4, -0.2) is 5.97 Å². The molecule has 0 N–H and O–H groups in total. The fourth-order valence-corrected chi connectivity index (χ4v) is 8.45. The second kappa shape index (κ2) is 23.1. The van der Waals surface area contributed by atoms with Crippen molar-refractivity contribution in [1.82, 2.24) is 0 Å². The van der Waals surface area contributed by atoms with Gasteiger partial charge in [-0.05, 0) is 118 Å². The third kappa shape index (κ3) is 9.49. The highest BCUT2D eigenvalue weighted by Crippen LogP contribution is 2.58. The van der Waals surface area contributed by atoms with Gasteiger partial charge in [0.2, 0.25) is 0 Å². The molecule has 59 heavy (non-hydrogen) atoms. The van der Waals surface area contributed by atoms with Gasteiger partial charge in [0, 0.05) is 33.2 Å². The zero-order chi connectivity index (χ0) is 42.0. The van der Waals surface area contributed by atoms with Gasteiger partial charge in [-0.1, -0.05) is 149 Å². The second-order valence-corrected chi connectivity index (χ2v) is 15.0. The Labute approximate surface area is 384 Å². The van der Waals surface area contributed by atoms with E-state index in [2.05, 4.69) is 82.8 Å². The van der Waals surface area contributed by atoms with E-state index in [1.165, 1.54) is 5.56 Å². The van der Waals surface area contributed by atoms with Crippen LogP contribution < -0.4 is 10.2 Å². The molecule has 312 valence electrons. The van der Waals surface area contributed by atoms with Crippen molar-refractivity contribution in [2.75, 3.05) is 0 Å². The maximum absolute atomic E-state index is 12.6. The maximum Gasteiger partial charge on any atom is 0.340 e. The topological polar surface area (TPSA) is 65.7 Å². The van der Waals surface area contributed by atoms with Crippen molar-refractivity contribution in [2.45, 2.75) is 82.8 Å². The van der Waals surface area contributed by atoms with Crippen molar-refractivity contribution < 1.29 is 18.7 Å². The minimum absolute atomic E-state index is 0. The molecule has 5 aromatic carbocycles. The summed E-state index contributed by atoms with van der Waals surface area (Å²) in [4.78, 5) is 24.7. The van der Waals surface area contributed by atoms with Gasteiger partial charge >= 0.3 is 5.97 Å². The Morgan fingerprint density at radius 3 is 1.58 bits per heavy atom. The van der Waals surface area contributed by atoms with Crippen LogP contribution in [0.25, 0.3) is 33.4 Å². The largest absolute Gasteiger partial charge is 0.454 e. The molecule has 1 aliphatic carbocycles. The highest BCUT2D eigenvalue weighted by atomic mass is 79.9. The van der Waals surface area contributed by atoms with Crippen molar-refractivity contribution in [3.8, 4) is 33.9 Å². The van der Waals surface area contributed by atoms with Crippen LogP contribution in [0.15, 0.2) is 142 Å². The van der Waals surface area contributed by atoms with Crippen LogP contribution in [0, 0.1) is 6.92 Å². The van der Waals surface area contributed by atoms with Gasteiger partial charge in [0.25, 0.3) is 0 Å². The van der Waals surface area contributed by atoms with Crippen molar-refractivity contribution in [1.29, 1.82) is 0 Å². The number of hydrogen-bond donors (Lipinski definition) is 0. The van der Waals surface area contributed by atoms with Crippen LogP contribution in [0.4, 0.5) is 0 Å². The Hall–Kier alpha value is -4.02. The Balaban J connectivity index is 0.000000339. The van der Waals surface area contributed by atoms with Gasteiger partial charge in [0.15, 0.2) is 16.8 Å². The number of esters is 1. The number of ether oxygens (including phenoxy) is 2. The molecule has 5 nitrogen and oxygen atoms in total. The first kappa shape index (κ1) is 51.1. The molecule has 0 atom stereocenters. The van der Waals surface area contributed by atoms with Crippen LogP contribution in [0.2, 0.25) is 0 Å². The smallest absolute Gasteiger partial charge is 0.340 e. The summed E-state index contributed by atoms with van der Waals surface area (Å²) in [6, 6.07) is 36.7. The number of rotatable bonds is 1. The van der Waals surface area contributed by atoms with Gasteiger partial charge in [-0.3, -0.25) is 4.79 Å². The fraction of sp³-hybridized carbons (Fsp3) is 0.240. The molecule has 9 rings (SSSR count). The van der Waals surface area contributed by atoms with E-state index in [9.17, 15) is 9.59 Å². The van der Waals surface area contributed by atoms with Crippen LogP contribution in [0.3, 0.4) is 0 Å². The quantitative estimate of drug-likeness (QED) is 0.121. The van der Waals surface area contributed by atoms with E-state index in [0.717, 1.165) is 57.8 Å². The van der Waals surface area contributed by atoms with Gasteiger partial charge in [0.05, 0.1) is 19.0 Å². The molecule has 0 fully saturated rings. The molecule has 0 aromatic heterocycles. The molecule has 5 aromatic rings. The summed E-state index contributed by atoms with van der Waals surface area (Å²) in [6.45, 7) is 18.1. The highest BCUT2D eigenvalue weighted by Gasteiger charge is 2.54. The highest BCUT2D eigenvalue weighted by molar-refractivity contribution is 9.11. The molecule has 0 saturated carbocycles. The van der Waals surface area contributed by atoms with Crippen LogP contribution in [0.5, 0.6) is 11.5 Å². The average Bonchev–Trinajstić information content (AvgIpc) is 3.55. The predicted octanol–water partition coefficient (Wildman–Crippen LogP) is 17.6. The first-order chi connectivity index (χ1) is 27.7. The first-order valence-electron chi connectivity index (χ1n) is 19.2. The summed E-state index contributed by atoms with van der Waals surface area (Å²) in [7, 11) is 0. The normalized spacial score (nSPS) is 11.7. The van der Waals surface area contributed by atoms with E-state index >= 15 is 0 Å². The van der Waals surface area contributed by atoms with Crippen molar-refractivity contribution in [3.05, 3.63) is 171 Å². The summed E-state index contributed by atoms with van der Waals surface area (Å²) < 4.78 is 21.3. The number of carbonyl (C=O) groups is 1. The minimum Gasteiger partial charge on any atom is -0.454 e. The minimum atomic E-state index is -1.01. The molecule has 0 saturated heterocycles. The second-order valence-electron chi connectivity index (χ2n) is 11.6. The summed E-state index contributed by atoms with van der Waals surface area (Å²) in [5, 5.41) is 1.01. The number of benzene rings is 6. The number of carbonyl (C=O) groups excluding carboxylic acids is 1. The zero-order valence-electron chi connectivity index (χ0n) is 33.5. The van der Waals surface area contributed by atoms with Gasteiger partial charge in [0.1, 0.15) is 21.6 Å². The van der Waals surface area contributed by atoms with E-state index in [1.54, 1.807) is 12.1 Å². The Bertz CT molecular complexity index is 2470. The Morgan fingerprint density at radius 1 is 0.508 bits per heavy atom. The van der Waals surface area contributed by atoms with Crippen LogP contribution in [0.1, 0.15) is 103 Å². The van der Waals surface area contributed by atoms with E-state index < -0.39 is 5.60 Å². The van der Waals surface area contributed by atoms with Crippen molar-refractivity contribution in [3.63, 3.8) is 0 Å². The summed E-state index contributed by atoms with van der Waals surface area (Å²) in [5.74, 6) is 1.56. The molecule has 3 heterocycles. The molecule has 3 aliphatic heterocycles. The third-order valence-corrected chi connectivity index (χ3v) is 11.5. The molecule has 9 heteroatoms. The molecule has 1 spiro atoms. The lowest BCUT2D eigenvalue weighted by Gasteiger charge is -2.37. The van der Waals surface area contributed by atoms with Gasteiger partial charge in [-0.2, -0.15) is 0 Å². The van der Waals surface area contributed by atoms with E-state index in [1.807, 2.05) is 146 Å². The lowest BCUT2D eigenvalue weighted by molar-refractivity contribution is 0.0223. The number of hydrogen-bond acceptors (Lipinski definition) is 5. The maximum atomic E-state index is 12.6. The molecule has 0 bridgehead atoms.